The van der Waals surface area contributed by atoms with E-state index < -0.39 is 0 Å². The molecule has 1 aliphatic heterocycles. The van der Waals surface area contributed by atoms with Crippen molar-refractivity contribution in [2.45, 2.75) is 59.3 Å². The van der Waals surface area contributed by atoms with Gasteiger partial charge in [-0.3, -0.25) is 0 Å². The summed E-state index contributed by atoms with van der Waals surface area (Å²) in [6.45, 7) is 9.30. The van der Waals surface area contributed by atoms with Crippen molar-refractivity contribution in [3.05, 3.63) is 77.5 Å². The zero-order valence-electron chi connectivity index (χ0n) is 22.0. The third kappa shape index (κ3) is 3.00. The molecule has 2 heterocycles. The highest BCUT2D eigenvalue weighted by molar-refractivity contribution is 6.16. The van der Waals surface area contributed by atoms with E-state index in [0.29, 0.717) is 11.3 Å². The summed E-state index contributed by atoms with van der Waals surface area (Å²) in [6, 6.07) is 20.3. The molecule has 180 valence electrons. The van der Waals surface area contributed by atoms with E-state index in [1.54, 1.807) is 0 Å². The van der Waals surface area contributed by atoms with E-state index in [1.165, 1.54) is 85.9 Å². The summed E-state index contributed by atoms with van der Waals surface area (Å²) in [5.41, 5.74) is 6.97. The van der Waals surface area contributed by atoms with Crippen LogP contribution in [-0.4, -0.2) is 0 Å². The lowest BCUT2D eigenvalue weighted by atomic mass is 9.70. The Balaban J connectivity index is 1.54. The van der Waals surface area contributed by atoms with Gasteiger partial charge in [0.05, 0.1) is 10.9 Å². The monoisotopic (exact) mass is 472 g/mol. The second-order valence-corrected chi connectivity index (χ2v) is 11.9. The number of fused-ring (bicyclic) bond motifs is 5. The van der Waals surface area contributed by atoms with Gasteiger partial charge in [0.25, 0.3) is 0 Å². The Morgan fingerprint density at radius 3 is 2.25 bits per heavy atom. The Morgan fingerprint density at radius 2 is 1.50 bits per heavy atom. The Morgan fingerprint density at radius 1 is 0.806 bits per heavy atom. The zero-order chi connectivity index (χ0) is 24.8. The molecule has 0 N–H and O–H groups in total. The Bertz CT molecular complexity index is 1720. The van der Waals surface area contributed by atoms with Gasteiger partial charge in [0.1, 0.15) is 18.5 Å². The molecule has 0 bridgehead atoms. The van der Waals surface area contributed by atoms with Crippen molar-refractivity contribution in [3.8, 4) is 22.8 Å². The standard InChI is InChI=1S/C34H34NO/c1-20-23-9-6-7-10-24(23)21(2)33-30(20)32-31-27(15-18-35(32)5)26-12-8-11-25(28(26)19-29(31)36-33)22-13-16-34(3,4)17-14-22/h6-12,15,18-19,22H,13-14,16-17H2,1-5H3/q+1. The second kappa shape index (κ2) is 7.56. The van der Waals surface area contributed by atoms with Crippen molar-refractivity contribution in [2.24, 2.45) is 12.5 Å². The maximum absolute atomic E-state index is 6.89. The number of ether oxygens (including phenoxy) is 1. The summed E-state index contributed by atoms with van der Waals surface area (Å²) in [6.07, 6.45) is 7.36. The molecule has 0 radical (unpaired) electrons. The SMILES string of the molecule is Cc1c2c(c(C)c3ccccc13)-c1c3c(cc4c(C5CCC(C)(C)CC5)cccc4c3cc[n+]1C)O2. The largest absolute Gasteiger partial charge is 0.455 e. The molecule has 2 nitrogen and oxygen atoms in total. The highest BCUT2D eigenvalue weighted by atomic mass is 16.5. The molecule has 1 aliphatic carbocycles. The van der Waals surface area contributed by atoms with Crippen LogP contribution in [0.15, 0.2) is 60.8 Å². The Hall–Kier alpha value is -3.39. The molecule has 7 rings (SSSR count). The predicted molar refractivity (Wildman–Crippen MR) is 150 cm³/mol. The molecule has 2 aliphatic rings. The van der Waals surface area contributed by atoms with Gasteiger partial charge in [-0.2, -0.15) is 0 Å². The molecule has 1 fully saturated rings. The van der Waals surface area contributed by atoms with Gasteiger partial charge in [-0.15, -0.1) is 0 Å². The van der Waals surface area contributed by atoms with Gasteiger partial charge in [-0.25, -0.2) is 4.57 Å². The molecule has 4 aromatic carbocycles. The highest BCUT2D eigenvalue weighted by Crippen LogP contribution is 2.52. The molecule has 0 atom stereocenters. The zero-order valence-corrected chi connectivity index (χ0v) is 22.0. The van der Waals surface area contributed by atoms with E-state index in [4.69, 9.17) is 4.74 Å². The Labute approximate surface area is 213 Å². The summed E-state index contributed by atoms with van der Waals surface area (Å²) < 4.78 is 9.18. The van der Waals surface area contributed by atoms with E-state index in [9.17, 15) is 0 Å². The number of nitrogens with zero attached hydrogens (tertiary/aromatic N) is 1. The van der Waals surface area contributed by atoms with Crippen LogP contribution in [0.1, 0.15) is 62.1 Å². The highest BCUT2D eigenvalue weighted by Gasteiger charge is 2.34. The molecular formula is C34H34NO+. The third-order valence-electron chi connectivity index (χ3n) is 9.18. The molecule has 2 heteroatoms. The van der Waals surface area contributed by atoms with Crippen LogP contribution in [0.25, 0.3) is 43.6 Å². The van der Waals surface area contributed by atoms with Gasteiger partial charge < -0.3 is 4.74 Å². The lowest BCUT2D eigenvalue weighted by Crippen LogP contribution is -2.32. The van der Waals surface area contributed by atoms with Crippen molar-refractivity contribution in [1.82, 2.24) is 0 Å². The number of pyridine rings is 1. The normalized spacial score (nSPS) is 16.9. The van der Waals surface area contributed by atoms with Crippen LogP contribution in [0.4, 0.5) is 0 Å². The predicted octanol–water partition coefficient (Wildman–Crippen LogP) is 9.04. The van der Waals surface area contributed by atoms with Crippen LogP contribution in [0.3, 0.4) is 0 Å². The van der Waals surface area contributed by atoms with Crippen LogP contribution in [0.5, 0.6) is 11.5 Å². The minimum Gasteiger partial charge on any atom is -0.455 e. The number of benzene rings is 4. The van der Waals surface area contributed by atoms with Crippen molar-refractivity contribution >= 4 is 32.3 Å². The van der Waals surface area contributed by atoms with Crippen molar-refractivity contribution in [2.75, 3.05) is 0 Å². The minimum absolute atomic E-state index is 0.467. The topological polar surface area (TPSA) is 13.1 Å². The summed E-state index contributed by atoms with van der Waals surface area (Å²) in [5, 5.41) is 7.83. The van der Waals surface area contributed by atoms with Gasteiger partial charge in [-0.1, -0.05) is 56.3 Å². The molecule has 0 unspecified atom stereocenters. The maximum Gasteiger partial charge on any atom is 0.228 e. The summed E-state index contributed by atoms with van der Waals surface area (Å²) in [5.74, 6) is 2.63. The fraction of sp³-hybridized carbons (Fsp3) is 0.324. The number of rotatable bonds is 1. The number of hydrogen-bond donors (Lipinski definition) is 0. The smallest absolute Gasteiger partial charge is 0.228 e. The summed E-state index contributed by atoms with van der Waals surface area (Å²) in [4.78, 5) is 0. The Kier molecular flexibility index (Phi) is 4.59. The summed E-state index contributed by atoms with van der Waals surface area (Å²) >= 11 is 0. The van der Waals surface area contributed by atoms with E-state index >= 15 is 0 Å². The fourth-order valence-electron chi connectivity index (χ4n) is 7.03. The first-order valence-electron chi connectivity index (χ1n) is 13.4. The maximum atomic E-state index is 6.89. The lowest BCUT2D eigenvalue weighted by molar-refractivity contribution is -0.659. The molecule has 36 heavy (non-hydrogen) atoms. The van der Waals surface area contributed by atoms with Crippen molar-refractivity contribution in [3.63, 3.8) is 0 Å². The van der Waals surface area contributed by atoms with Crippen LogP contribution in [0.2, 0.25) is 0 Å². The summed E-state index contributed by atoms with van der Waals surface area (Å²) in [7, 11) is 2.17. The van der Waals surface area contributed by atoms with Crippen molar-refractivity contribution in [1.29, 1.82) is 0 Å². The van der Waals surface area contributed by atoms with E-state index in [0.717, 1.165) is 11.5 Å². The van der Waals surface area contributed by atoms with Crippen LogP contribution < -0.4 is 9.30 Å². The lowest BCUT2D eigenvalue weighted by Gasteiger charge is -2.35. The second-order valence-electron chi connectivity index (χ2n) is 11.9. The number of aryl methyl sites for hydroxylation is 3. The number of hydrogen-bond acceptors (Lipinski definition) is 1. The van der Waals surface area contributed by atoms with Crippen LogP contribution >= 0.6 is 0 Å². The molecule has 0 amide bonds. The van der Waals surface area contributed by atoms with Gasteiger partial charge in [0.15, 0.2) is 6.20 Å². The average Bonchev–Trinajstić information content (AvgIpc) is 2.88. The average molecular weight is 473 g/mol. The molecule has 1 saturated carbocycles. The third-order valence-corrected chi connectivity index (χ3v) is 9.18. The first kappa shape index (κ1) is 21.9. The van der Waals surface area contributed by atoms with Gasteiger partial charge in [-0.05, 0) is 89.6 Å². The first-order valence-corrected chi connectivity index (χ1v) is 13.4. The minimum atomic E-state index is 0.467. The van der Waals surface area contributed by atoms with E-state index in [2.05, 4.69) is 100 Å². The molecule has 0 saturated heterocycles. The van der Waals surface area contributed by atoms with Crippen LogP contribution in [0, 0.1) is 19.3 Å². The molecule has 1 aromatic heterocycles. The van der Waals surface area contributed by atoms with Crippen molar-refractivity contribution < 1.29 is 9.30 Å². The van der Waals surface area contributed by atoms with Gasteiger partial charge >= 0.3 is 0 Å². The van der Waals surface area contributed by atoms with Gasteiger partial charge in [0.2, 0.25) is 5.69 Å². The number of aromatic nitrogens is 1. The van der Waals surface area contributed by atoms with E-state index in [-0.39, 0.29) is 0 Å². The first-order chi connectivity index (χ1) is 17.3. The molecule has 0 spiro atoms. The van der Waals surface area contributed by atoms with Gasteiger partial charge in [0, 0.05) is 17.0 Å². The van der Waals surface area contributed by atoms with Crippen LogP contribution in [-0.2, 0) is 7.05 Å². The quantitative estimate of drug-likeness (QED) is 0.172. The fourth-order valence-corrected chi connectivity index (χ4v) is 7.03. The van der Waals surface area contributed by atoms with E-state index in [1.807, 2.05) is 0 Å². The molecular weight excluding hydrogens is 438 g/mol. The molecule has 5 aromatic rings.